The molecule has 1 aliphatic rings. The fourth-order valence-electron chi connectivity index (χ4n) is 3.56. The summed E-state index contributed by atoms with van der Waals surface area (Å²) in [6, 6.07) is 10.1. The first-order chi connectivity index (χ1) is 15.6. The van der Waals surface area contributed by atoms with Gasteiger partial charge in [0.05, 0.1) is 42.4 Å². The molecule has 0 bridgehead atoms. The lowest BCUT2D eigenvalue weighted by molar-refractivity contribution is -0.0440. The lowest BCUT2D eigenvalue weighted by atomic mass is 10.1. The van der Waals surface area contributed by atoms with Gasteiger partial charge in [-0.3, -0.25) is 4.79 Å². The Morgan fingerprint density at radius 1 is 1.00 bits per heavy atom. The average Bonchev–Trinajstić information content (AvgIpc) is 2.81. The number of benzene rings is 2. The molecule has 1 heterocycles. The normalized spacial score (nSPS) is 19.0. The van der Waals surface area contributed by atoms with E-state index in [1.165, 1.54) is 48.9 Å². The molecule has 1 saturated heterocycles. The Bertz CT molecular complexity index is 1100. The van der Waals surface area contributed by atoms with E-state index >= 15 is 0 Å². The molecule has 2 atom stereocenters. The number of Topliss-reactive ketones (excluding diaryl/α,β-unsaturated/α-hetero) is 1. The van der Waals surface area contributed by atoms with Crippen LogP contribution in [0.25, 0.3) is 0 Å². The van der Waals surface area contributed by atoms with Crippen LogP contribution in [0.1, 0.15) is 34.6 Å². The van der Waals surface area contributed by atoms with Crippen LogP contribution in [-0.4, -0.2) is 70.6 Å². The highest BCUT2D eigenvalue weighted by molar-refractivity contribution is 7.89. The van der Waals surface area contributed by atoms with Gasteiger partial charge in [-0.1, -0.05) is 0 Å². The van der Waals surface area contributed by atoms with Gasteiger partial charge in [0.25, 0.3) is 0 Å². The van der Waals surface area contributed by atoms with Crippen molar-refractivity contribution in [2.45, 2.75) is 31.0 Å². The Hall–Kier alpha value is -2.95. The fraction of sp³-hybridized carbons (Fsp3) is 0.391. The number of hydrogen-bond donors (Lipinski definition) is 0. The number of hydrogen-bond acceptors (Lipinski definition) is 8. The molecule has 2 aromatic carbocycles. The second-order valence-electron chi connectivity index (χ2n) is 7.67. The van der Waals surface area contributed by atoms with E-state index in [1.54, 1.807) is 12.1 Å². The van der Waals surface area contributed by atoms with E-state index < -0.39 is 28.4 Å². The van der Waals surface area contributed by atoms with Crippen LogP contribution in [-0.2, 0) is 19.5 Å². The van der Waals surface area contributed by atoms with Crippen molar-refractivity contribution in [3.05, 3.63) is 53.6 Å². The van der Waals surface area contributed by atoms with Crippen LogP contribution in [0.3, 0.4) is 0 Å². The minimum Gasteiger partial charge on any atom is -0.497 e. The Morgan fingerprint density at radius 2 is 1.64 bits per heavy atom. The highest BCUT2D eigenvalue weighted by atomic mass is 32.2. The lowest BCUT2D eigenvalue weighted by Gasteiger charge is -2.34. The summed E-state index contributed by atoms with van der Waals surface area (Å²) in [5, 5.41) is 0. The van der Waals surface area contributed by atoms with Crippen LogP contribution < -0.4 is 9.47 Å². The standard InChI is InChI=1S/C23H27NO8S/c1-15-12-24(13-16(2)32-15)33(27,28)19-8-5-17(6-9-19)23(26)31-14-21(25)20-10-7-18(29-3)11-22(20)30-4/h5-11,15-16H,12-14H2,1-4H3. The van der Waals surface area contributed by atoms with Crippen LogP contribution in [0, 0.1) is 0 Å². The largest absolute Gasteiger partial charge is 0.497 e. The van der Waals surface area contributed by atoms with Crippen LogP contribution >= 0.6 is 0 Å². The van der Waals surface area contributed by atoms with Gasteiger partial charge in [-0.15, -0.1) is 0 Å². The number of nitrogens with zero attached hydrogens (tertiary/aromatic N) is 1. The summed E-state index contributed by atoms with van der Waals surface area (Å²) >= 11 is 0. The van der Waals surface area contributed by atoms with Gasteiger partial charge in [0, 0.05) is 19.2 Å². The molecule has 0 amide bonds. The number of methoxy groups -OCH3 is 2. The maximum absolute atomic E-state index is 12.9. The van der Waals surface area contributed by atoms with E-state index in [9.17, 15) is 18.0 Å². The summed E-state index contributed by atoms with van der Waals surface area (Å²) in [5.74, 6) is -0.362. The summed E-state index contributed by atoms with van der Waals surface area (Å²) in [7, 11) is -0.804. The first-order valence-corrected chi connectivity index (χ1v) is 11.8. The molecule has 0 spiro atoms. The number of sulfonamides is 1. The zero-order chi connectivity index (χ0) is 24.2. The van der Waals surface area contributed by atoms with Gasteiger partial charge in [-0.2, -0.15) is 4.31 Å². The zero-order valence-electron chi connectivity index (χ0n) is 18.9. The second kappa shape index (κ2) is 10.3. The molecule has 0 N–H and O–H groups in total. The summed E-state index contributed by atoms with van der Waals surface area (Å²) in [6.07, 6.45) is -0.417. The molecule has 0 aliphatic carbocycles. The van der Waals surface area contributed by atoms with Gasteiger partial charge in [-0.25, -0.2) is 13.2 Å². The topological polar surface area (TPSA) is 108 Å². The van der Waals surface area contributed by atoms with Crippen molar-refractivity contribution in [3.8, 4) is 11.5 Å². The number of carbonyl (C=O) groups is 2. The van der Waals surface area contributed by atoms with E-state index in [-0.39, 0.29) is 41.3 Å². The van der Waals surface area contributed by atoms with Gasteiger partial charge < -0.3 is 18.9 Å². The summed E-state index contributed by atoms with van der Waals surface area (Å²) < 4.78 is 48.2. The van der Waals surface area contributed by atoms with Gasteiger partial charge in [0.1, 0.15) is 11.5 Å². The first-order valence-electron chi connectivity index (χ1n) is 10.3. The highest BCUT2D eigenvalue weighted by Crippen LogP contribution is 2.25. The predicted molar refractivity (Wildman–Crippen MR) is 119 cm³/mol. The third-order valence-electron chi connectivity index (χ3n) is 5.16. The monoisotopic (exact) mass is 477 g/mol. The van der Waals surface area contributed by atoms with Crippen LogP contribution in [0.2, 0.25) is 0 Å². The zero-order valence-corrected chi connectivity index (χ0v) is 19.8. The molecule has 3 rings (SSSR count). The van der Waals surface area contributed by atoms with Crippen molar-refractivity contribution in [2.24, 2.45) is 0 Å². The maximum Gasteiger partial charge on any atom is 0.338 e. The van der Waals surface area contributed by atoms with Crippen LogP contribution in [0.15, 0.2) is 47.4 Å². The minimum atomic E-state index is -3.72. The maximum atomic E-state index is 12.9. The highest BCUT2D eigenvalue weighted by Gasteiger charge is 2.32. The van der Waals surface area contributed by atoms with Crippen molar-refractivity contribution in [3.63, 3.8) is 0 Å². The molecule has 2 unspecified atom stereocenters. The molecule has 0 aromatic heterocycles. The quantitative estimate of drug-likeness (QED) is 0.422. The smallest absolute Gasteiger partial charge is 0.338 e. The Labute approximate surface area is 193 Å². The summed E-state index contributed by atoms with van der Waals surface area (Å²) in [6.45, 7) is 3.66. The molecule has 0 radical (unpaired) electrons. The molecular weight excluding hydrogens is 450 g/mol. The molecule has 9 nitrogen and oxygen atoms in total. The van der Waals surface area contributed by atoms with Crippen LogP contribution in [0.5, 0.6) is 11.5 Å². The Kier molecular flexibility index (Phi) is 7.72. The van der Waals surface area contributed by atoms with E-state index in [1.807, 2.05) is 13.8 Å². The molecule has 33 heavy (non-hydrogen) atoms. The lowest BCUT2D eigenvalue weighted by Crippen LogP contribution is -2.48. The second-order valence-corrected chi connectivity index (χ2v) is 9.61. The molecule has 1 fully saturated rings. The number of esters is 1. The fourth-order valence-corrected chi connectivity index (χ4v) is 5.15. The number of ketones is 1. The third-order valence-corrected chi connectivity index (χ3v) is 7.00. The Balaban J connectivity index is 1.65. The van der Waals surface area contributed by atoms with E-state index in [0.29, 0.717) is 11.5 Å². The minimum absolute atomic E-state index is 0.0689. The molecule has 0 saturated carbocycles. The van der Waals surface area contributed by atoms with Crippen molar-refractivity contribution >= 4 is 21.8 Å². The van der Waals surface area contributed by atoms with E-state index in [2.05, 4.69) is 0 Å². The number of rotatable bonds is 8. The summed E-state index contributed by atoms with van der Waals surface area (Å²) in [5.41, 5.74) is 0.383. The van der Waals surface area contributed by atoms with Gasteiger partial charge in [-0.05, 0) is 50.2 Å². The van der Waals surface area contributed by atoms with Crippen molar-refractivity contribution < 1.29 is 37.0 Å². The average molecular weight is 478 g/mol. The van der Waals surface area contributed by atoms with Gasteiger partial charge in [0.2, 0.25) is 15.8 Å². The Morgan fingerprint density at radius 3 is 2.21 bits per heavy atom. The predicted octanol–water partition coefficient (Wildman–Crippen LogP) is 2.54. The first kappa shape index (κ1) is 24.7. The molecular formula is C23H27NO8S. The number of carbonyl (C=O) groups excluding carboxylic acids is 2. The van der Waals surface area contributed by atoms with Crippen molar-refractivity contribution in [2.75, 3.05) is 33.9 Å². The van der Waals surface area contributed by atoms with Crippen molar-refractivity contribution in [1.29, 1.82) is 0 Å². The molecule has 10 heteroatoms. The third kappa shape index (κ3) is 5.70. The molecule has 2 aromatic rings. The van der Waals surface area contributed by atoms with Crippen LogP contribution in [0.4, 0.5) is 0 Å². The van der Waals surface area contributed by atoms with Gasteiger partial charge >= 0.3 is 5.97 Å². The SMILES string of the molecule is COc1ccc(C(=O)COC(=O)c2ccc(S(=O)(=O)N3CC(C)OC(C)C3)cc2)c(OC)c1. The van der Waals surface area contributed by atoms with E-state index in [0.717, 1.165) is 0 Å². The number of ether oxygens (including phenoxy) is 4. The van der Waals surface area contributed by atoms with Crippen molar-refractivity contribution in [1.82, 2.24) is 4.31 Å². The van der Waals surface area contributed by atoms with E-state index in [4.69, 9.17) is 18.9 Å². The van der Waals surface area contributed by atoms with Gasteiger partial charge in [0.15, 0.2) is 6.61 Å². The molecule has 178 valence electrons. The number of morpholine rings is 1. The summed E-state index contributed by atoms with van der Waals surface area (Å²) in [4.78, 5) is 24.9. The molecule has 1 aliphatic heterocycles.